The van der Waals surface area contributed by atoms with Gasteiger partial charge in [-0.3, -0.25) is 4.79 Å². The number of benzene rings is 1. The maximum Gasteiger partial charge on any atom is 0.270 e. The Morgan fingerprint density at radius 2 is 2.17 bits per heavy atom. The molecule has 0 unspecified atom stereocenters. The van der Waals surface area contributed by atoms with Crippen LogP contribution in [0.25, 0.3) is 10.9 Å². The molecule has 0 aliphatic heterocycles. The lowest BCUT2D eigenvalue weighted by atomic mass is 10.2. The number of nitrogen functional groups attached to an aromatic ring is 1. The van der Waals surface area contributed by atoms with E-state index < -0.39 is 0 Å². The summed E-state index contributed by atoms with van der Waals surface area (Å²) in [6.07, 6.45) is 0. The van der Waals surface area contributed by atoms with E-state index >= 15 is 0 Å². The fourth-order valence-corrected chi connectivity index (χ4v) is 2.19. The number of para-hydroxylation sites is 1. The molecule has 96 valence electrons. The predicted molar refractivity (Wildman–Crippen MR) is 74.6 cm³/mol. The van der Waals surface area contributed by atoms with Gasteiger partial charge >= 0.3 is 0 Å². The van der Waals surface area contributed by atoms with E-state index in [0.29, 0.717) is 17.9 Å². The molecule has 2 aromatic rings. The van der Waals surface area contributed by atoms with Crippen molar-refractivity contribution in [2.75, 3.05) is 12.3 Å². The van der Waals surface area contributed by atoms with E-state index in [9.17, 15) is 4.79 Å². The molecule has 0 saturated carbocycles. The van der Waals surface area contributed by atoms with Crippen LogP contribution in [0.3, 0.4) is 0 Å². The molecule has 0 aliphatic rings. The Morgan fingerprint density at radius 3 is 2.72 bits per heavy atom. The van der Waals surface area contributed by atoms with E-state index in [1.165, 1.54) is 0 Å². The molecule has 1 amide bonds. The van der Waals surface area contributed by atoms with Gasteiger partial charge in [0.1, 0.15) is 5.69 Å². The number of nitrogens with two attached hydrogens (primary N) is 1. The highest BCUT2D eigenvalue weighted by Crippen LogP contribution is 2.22. The summed E-state index contributed by atoms with van der Waals surface area (Å²) < 4.78 is 0. The van der Waals surface area contributed by atoms with Crippen LogP contribution in [0.4, 0.5) is 5.69 Å². The fourth-order valence-electron chi connectivity index (χ4n) is 2.19. The molecule has 0 radical (unpaired) electrons. The van der Waals surface area contributed by atoms with Crippen molar-refractivity contribution in [1.29, 1.82) is 0 Å². The van der Waals surface area contributed by atoms with Crippen LogP contribution in [0.5, 0.6) is 0 Å². The number of hydrogen-bond acceptors (Lipinski definition) is 2. The molecule has 1 heterocycles. The van der Waals surface area contributed by atoms with E-state index in [2.05, 4.69) is 4.98 Å². The standard InChI is InChI=1S/C14H19N3O/c1-4-17(9(2)3)14(18)12-8-10-6-5-7-11(15)13(10)16-12/h5-9,16H,4,15H2,1-3H3. The van der Waals surface area contributed by atoms with Crippen LogP contribution in [0.1, 0.15) is 31.3 Å². The number of amides is 1. The van der Waals surface area contributed by atoms with E-state index in [1.54, 1.807) is 0 Å². The van der Waals surface area contributed by atoms with Gasteiger partial charge in [0, 0.05) is 18.0 Å². The van der Waals surface area contributed by atoms with Crippen LogP contribution < -0.4 is 5.73 Å². The van der Waals surface area contributed by atoms with Gasteiger partial charge in [-0.15, -0.1) is 0 Å². The summed E-state index contributed by atoms with van der Waals surface area (Å²) >= 11 is 0. The monoisotopic (exact) mass is 245 g/mol. The molecule has 0 aliphatic carbocycles. The van der Waals surface area contributed by atoms with Crippen molar-refractivity contribution in [1.82, 2.24) is 9.88 Å². The zero-order valence-corrected chi connectivity index (χ0v) is 11.0. The number of rotatable bonds is 3. The number of H-pyrrole nitrogens is 1. The number of carbonyl (C=O) groups is 1. The van der Waals surface area contributed by atoms with Crippen molar-refractivity contribution in [3.8, 4) is 0 Å². The van der Waals surface area contributed by atoms with Crippen molar-refractivity contribution in [3.05, 3.63) is 30.0 Å². The zero-order valence-electron chi connectivity index (χ0n) is 11.0. The van der Waals surface area contributed by atoms with Crippen molar-refractivity contribution < 1.29 is 4.79 Å². The number of hydrogen-bond donors (Lipinski definition) is 2. The smallest absolute Gasteiger partial charge is 0.270 e. The van der Waals surface area contributed by atoms with Gasteiger partial charge in [0.2, 0.25) is 0 Å². The maximum absolute atomic E-state index is 12.4. The first-order valence-corrected chi connectivity index (χ1v) is 6.22. The number of carbonyl (C=O) groups excluding carboxylic acids is 1. The Hall–Kier alpha value is -1.97. The number of anilines is 1. The summed E-state index contributed by atoms with van der Waals surface area (Å²) in [6.45, 7) is 6.70. The van der Waals surface area contributed by atoms with Gasteiger partial charge in [0.15, 0.2) is 0 Å². The van der Waals surface area contributed by atoms with Crippen LogP contribution >= 0.6 is 0 Å². The number of aromatic amines is 1. The van der Waals surface area contributed by atoms with E-state index in [1.807, 2.05) is 49.9 Å². The second-order valence-corrected chi connectivity index (χ2v) is 4.68. The molecule has 18 heavy (non-hydrogen) atoms. The third kappa shape index (κ3) is 2.06. The van der Waals surface area contributed by atoms with Crippen molar-refractivity contribution >= 4 is 22.5 Å². The molecule has 0 bridgehead atoms. The SMILES string of the molecule is CCN(C(=O)c1cc2cccc(N)c2[nH]1)C(C)C. The first-order chi connectivity index (χ1) is 8.54. The number of nitrogens with zero attached hydrogens (tertiary/aromatic N) is 1. The van der Waals surface area contributed by atoms with Gasteiger partial charge in [-0.1, -0.05) is 12.1 Å². The van der Waals surface area contributed by atoms with Crippen LogP contribution in [0, 0.1) is 0 Å². The quantitative estimate of drug-likeness (QED) is 0.816. The highest BCUT2D eigenvalue weighted by atomic mass is 16.2. The molecule has 2 rings (SSSR count). The Labute approximate surface area is 107 Å². The van der Waals surface area contributed by atoms with Crippen molar-refractivity contribution in [2.45, 2.75) is 26.8 Å². The lowest BCUT2D eigenvalue weighted by molar-refractivity contribution is 0.0712. The van der Waals surface area contributed by atoms with E-state index in [-0.39, 0.29) is 11.9 Å². The molecule has 0 atom stereocenters. The summed E-state index contributed by atoms with van der Waals surface area (Å²) in [4.78, 5) is 17.3. The summed E-state index contributed by atoms with van der Waals surface area (Å²) in [5.41, 5.74) is 7.98. The van der Waals surface area contributed by atoms with Gasteiger partial charge in [-0.25, -0.2) is 0 Å². The average molecular weight is 245 g/mol. The minimum absolute atomic E-state index is 0.0168. The number of fused-ring (bicyclic) bond motifs is 1. The molecule has 4 nitrogen and oxygen atoms in total. The predicted octanol–water partition coefficient (Wildman–Crippen LogP) is 2.62. The molecule has 3 N–H and O–H groups in total. The number of aromatic nitrogens is 1. The summed E-state index contributed by atoms with van der Waals surface area (Å²) in [6, 6.07) is 7.71. The van der Waals surface area contributed by atoms with Gasteiger partial charge in [0.05, 0.1) is 11.2 Å². The fraction of sp³-hybridized carbons (Fsp3) is 0.357. The Bertz CT molecular complexity index is 571. The summed E-state index contributed by atoms with van der Waals surface area (Å²) in [7, 11) is 0. The van der Waals surface area contributed by atoms with Gasteiger partial charge in [-0.05, 0) is 32.9 Å². The molecule has 1 aromatic heterocycles. The lowest BCUT2D eigenvalue weighted by Crippen LogP contribution is -2.36. The molecule has 0 fully saturated rings. The van der Waals surface area contributed by atoms with Gasteiger partial charge in [0.25, 0.3) is 5.91 Å². The normalized spacial score (nSPS) is 11.1. The maximum atomic E-state index is 12.4. The minimum atomic E-state index is 0.0168. The average Bonchev–Trinajstić information content (AvgIpc) is 2.74. The minimum Gasteiger partial charge on any atom is -0.397 e. The first kappa shape index (κ1) is 12.5. The number of nitrogens with one attached hydrogen (secondary N) is 1. The zero-order chi connectivity index (χ0) is 13.3. The molecular formula is C14H19N3O. The van der Waals surface area contributed by atoms with Crippen LogP contribution in [0.2, 0.25) is 0 Å². The molecule has 4 heteroatoms. The Balaban J connectivity index is 2.42. The third-order valence-corrected chi connectivity index (χ3v) is 3.14. The van der Waals surface area contributed by atoms with Gasteiger partial charge < -0.3 is 15.6 Å². The molecular weight excluding hydrogens is 226 g/mol. The van der Waals surface area contributed by atoms with Crippen LogP contribution in [0.15, 0.2) is 24.3 Å². The van der Waals surface area contributed by atoms with Gasteiger partial charge in [-0.2, -0.15) is 0 Å². The van der Waals surface area contributed by atoms with Crippen molar-refractivity contribution in [2.24, 2.45) is 0 Å². The highest BCUT2D eigenvalue weighted by Gasteiger charge is 2.19. The third-order valence-electron chi connectivity index (χ3n) is 3.14. The Morgan fingerprint density at radius 1 is 1.44 bits per heavy atom. The topological polar surface area (TPSA) is 62.1 Å². The first-order valence-electron chi connectivity index (χ1n) is 6.22. The molecule has 0 spiro atoms. The second-order valence-electron chi connectivity index (χ2n) is 4.68. The largest absolute Gasteiger partial charge is 0.397 e. The summed E-state index contributed by atoms with van der Waals surface area (Å²) in [5.74, 6) is 0.0168. The lowest BCUT2D eigenvalue weighted by Gasteiger charge is -2.24. The Kier molecular flexibility index (Phi) is 3.28. The van der Waals surface area contributed by atoms with Crippen LogP contribution in [-0.4, -0.2) is 28.4 Å². The molecule has 0 saturated heterocycles. The second kappa shape index (κ2) is 4.72. The summed E-state index contributed by atoms with van der Waals surface area (Å²) in [5, 5.41) is 0.971. The van der Waals surface area contributed by atoms with E-state index in [4.69, 9.17) is 5.73 Å². The highest BCUT2D eigenvalue weighted by molar-refractivity contribution is 6.00. The van der Waals surface area contributed by atoms with E-state index in [0.717, 1.165) is 10.9 Å². The molecule has 1 aromatic carbocycles. The van der Waals surface area contributed by atoms with Crippen LogP contribution in [-0.2, 0) is 0 Å². The van der Waals surface area contributed by atoms with Crippen molar-refractivity contribution in [3.63, 3.8) is 0 Å².